The van der Waals surface area contributed by atoms with Crippen LogP contribution in [0.1, 0.15) is 18.9 Å². The molecule has 2 aromatic carbocycles. The average molecular weight is 410 g/mol. The van der Waals surface area contributed by atoms with Gasteiger partial charge in [0.1, 0.15) is 22.6 Å². The Morgan fingerprint density at radius 1 is 1.07 bits per heavy atom. The lowest BCUT2D eigenvalue weighted by atomic mass is 9.99. The molecule has 1 aliphatic heterocycles. The van der Waals surface area contributed by atoms with Gasteiger partial charge in [0, 0.05) is 11.8 Å². The quantitative estimate of drug-likeness (QED) is 0.676. The summed E-state index contributed by atoms with van der Waals surface area (Å²) >= 11 is 0. The molecule has 0 saturated carbocycles. The van der Waals surface area contributed by atoms with E-state index < -0.39 is 5.92 Å². The first kappa shape index (κ1) is 21.4. The summed E-state index contributed by atoms with van der Waals surface area (Å²) in [7, 11) is 3.11. The first-order valence-corrected chi connectivity index (χ1v) is 9.89. The molecule has 0 bridgehead atoms. The summed E-state index contributed by atoms with van der Waals surface area (Å²) in [6, 6.07) is 11.0. The number of benzene rings is 2. The maximum absolute atomic E-state index is 12.5. The van der Waals surface area contributed by atoms with E-state index in [0.717, 1.165) is 16.5 Å². The zero-order chi connectivity index (χ0) is 21.5. The van der Waals surface area contributed by atoms with Gasteiger partial charge < -0.3 is 19.5 Å². The molecule has 30 heavy (non-hydrogen) atoms. The number of amides is 2. The molecule has 0 aromatic heterocycles. The van der Waals surface area contributed by atoms with Crippen molar-refractivity contribution in [1.29, 1.82) is 0 Å². The lowest BCUT2D eigenvalue weighted by Gasteiger charge is -2.15. The Kier molecular flexibility index (Phi) is 7.06. The van der Waals surface area contributed by atoms with Crippen LogP contribution < -0.4 is 30.1 Å². The van der Waals surface area contributed by atoms with Crippen LogP contribution in [0.5, 0.6) is 17.2 Å². The largest absolute Gasteiger partial charge is 0.496 e. The minimum absolute atomic E-state index is 0.0981. The molecule has 0 aliphatic carbocycles. The minimum atomic E-state index is -0.427. The average Bonchev–Trinajstić information content (AvgIpc) is 2.75. The van der Waals surface area contributed by atoms with Crippen LogP contribution in [0.4, 0.5) is 0 Å². The van der Waals surface area contributed by atoms with Crippen LogP contribution >= 0.6 is 0 Å². The summed E-state index contributed by atoms with van der Waals surface area (Å²) in [6.07, 6.45) is 2.56. The molecule has 158 valence electrons. The zero-order valence-corrected chi connectivity index (χ0v) is 17.4. The fraction of sp³-hybridized carbons (Fsp3) is 0.348. The van der Waals surface area contributed by atoms with E-state index in [0.29, 0.717) is 36.4 Å². The van der Waals surface area contributed by atoms with Crippen LogP contribution in [0.25, 0.3) is 6.08 Å². The standard InChI is InChI=1S/C23H26N2O5/c1-4-30-17-7-5-15(6-8-17)13-21(26)24-12-11-16-14-18-19(28-2)9-10-20(29-3)22(18)25-23(16)27/h5-10,14,16H,4,11-13H2,1-3H3,(H,24,26). The van der Waals surface area contributed by atoms with Crippen molar-refractivity contribution < 1.29 is 23.8 Å². The molecule has 2 amide bonds. The molecule has 1 heterocycles. The summed E-state index contributed by atoms with van der Waals surface area (Å²) in [5.74, 6) is 1.16. The van der Waals surface area contributed by atoms with Gasteiger partial charge in [-0.1, -0.05) is 18.2 Å². The molecular weight excluding hydrogens is 384 g/mol. The smallest absolute Gasteiger partial charge is 0.253 e. The van der Waals surface area contributed by atoms with E-state index in [-0.39, 0.29) is 18.2 Å². The van der Waals surface area contributed by atoms with Crippen LogP contribution in [0.3, 0.4) is 0 Å². The van der Waals surface area contributed by atoms with Gasteiger partial charge >= 0.3 is 0 Å². The van der Waals surface area contributed by atoms with E-state index in [9.17, 15) is 9.59 Å². The number of hydrogen-bond donors (Lipinski definition) is 1. The Labute approximate surface area is 175 Å². The number of carbonyl (C=O) groups excluding carboxylic acids is 2. The van der Waals surface area contributed by atoms with Crippen molar-refractivity contribution in [3.8, 4) is 17.2 Å². The van der Waals surface area contributed by atoms with Crippen LogP contribution in [0.15, 0.2) is 41.4 Å². The molecule has 1 aliphatic rings. The van der Waals surface area contributed by atoms with Crippen molar-refractivity contribution >= 4 is 17.9 Å². The molecule has 0 radical (unpaired) electrons. The van der Waals surface area contributed by atoms with Gasteiger partial charge in [0.25, 0.3) is 5.91 Å². The zero-order valence-electron chi connectivity index (χ0n) is 17.4. The maximum atomic E-state index is 12.5. The molecular formula is C23H26N2O5. The Morgan fingerprint density at radius 2 is 1.77 bits per heavy atom. The van der Waals surface area contributed by atoms with Crippen molar-refractivity contribution in [2.75, 3.05) is 27.4 Å². The van der Waals surface area contributed by atoms with E-state index >= 15 is 0 Å². The third-order valence-electron chi connectivity index (χ3n) is 4.86. The highest BCUT2D eigenvalue weighted by Gasteiger charge is 2.21. The molecule has 2 aromatic rings. The van der Waals surface area contributed by atoms with E-state index in [4.69, 9.17) is 14.2 Å². The minimum Gasteiger partial charge on any atom is -0.496 e. The third kappa shape index (κ3) is 4.97. The Morgan fingerprint density at radius 3 is 2.43 bits per heavy atom. The number of nitrogens with one attached hydrogen (secondary N) is 1. The van der Waals surface area contributed by atoms with Gasteiger partial charge in [-0.15, -0.1) is 0 Å². The molecule has 1 atom stereocenters. The predicted octanol–water partition coefficient (Wildman–Crippen LogP) is 1.41. The number of nitrogens with zero attached hydrogens (tertiary/aromatic N) is 1. The molecule has 3 rings (SSSR count). The van der Waals surface area contributed by atoms with Crippen molar-refractivity contribution in [1.82, 2.24) is 5.32 Å². The van der Waals surface area contributed by atoms with Gasteiger partial charge in [-0.05, 0) is 43.2 Å². The van der Waals surface area contributed by atoms with E-state index in [1.54, 1.807) is 19.2 Å². The normalized spacial score (nSPS) is 14.8. The number of fused-ring (bicyclic) bond motifs is 1. The van der Waals surface area contributed by atoms with E-state index in [1.807, 2.05) is 37.3 Å². The molecule has 0 fully saturated rings. The topological polar surface area (TPSA) is 86.2 Å². The van der Waals surface area contributed by atoms with Crippen molar-refractivity contribution in [3.63, 3.8) is 0 Å². The number of methoxy groups -OCH3 is 2. The maximum Gasteiger partial charge on any atom is 0.253 e. The SMILES string of the molecule is CCOc1ccc(CC(=O)NCCC2C=c3c(OC)ccc(OC)c3=NC2=O)cc1. The van der Waals surface area contributed by atoms with Crippen LogP contribution in [0, 0.1) is 5.92 Å². The number of hydrogen-bond acceptors (Lipinski definition) is 5. The fourth-order valence-corrected chi connectivity index (χ4v) is 3.35. The monoisotopic (exact) mass is 410 g/mol. The van der Waals surface area contributed by atoms with Gasteiger partial charge in [-0.25, -0.2) is 4.99 Å². The second-order valence-corrected chi connectivity index (χ2v) is 6.85. The molecule has 7 heteroatoms. The van der Waals surface area contributed by atoms with Crippen molar-refractivity contribution in [2.45, 2.75) is 19.8 Å². The van der Waals surface area contributed by atoms with Crippen LogP contribution in [-0.4, -0.2) is 39.2 Å². The number of rotatable bonds is 9. The lowest BCUT2D eigenvalue weighted by Crippen LogP contribution is -2.37. The van der Waals surface area contributed by atoms with Gasteiger partial charge in [-0.3, -0.25) is 9.59 Å². The Bertz CT molecular complexity index is 1030. The third-order valence-corrected chi connectivity index (χ3v) is 4.86. The molecule has 0 saturated heterocycles. The summed E-state index contributed by atoms with van der Waals surface area (Å²) < 4.78 is 16.1. The highest BCUT2D eigenvalue weighted by atomic mass is 16.5. The molecule has 7 nitrogen and oxygen atoms in total. The van der Waals surface area contributed by atoms with Gasteiger partial charge in [0.15, 0.2) is 0 Å². The Balaban J connectivity index is 1.60. The van der Waals surface area contributed by atoms with Crippen LogP contribution in [-0.2, 0) is 16.0 Å². The Hall–Kier alpha value is -3.35. The van der Waals surface area contributed by atoms with Crippen LogP contribution in [0.2, 0.25) is 0 Å². The number of carbonyl (C=O) groups is 2. The second kappa shape index (κ2) is 9.91. The predicted molar refractivity (Wildman–Crippen MR) is 112 cm³/mol. The summed E-state index contributed by atoms with van der Waals surface area (Å²) in [5.41, 5.74) is 0.900. The van der Waals surface area contributed by atoms with Gasteiger partial charge in [-0.2, -0.15) is 0 Å². The highest BCUT2D eigenvalue weighted by Crippen LogP contribution is 2.15. The molecule has 1 unspecified atom stereocenters. The first-order chi connectivity index (χ1) is 14.5. The van der Waals surface area contributed by atoms with E-state index in [1.165, 1.54) is 7.11 Å². The van der Waals surface area contributed by atoms with Crippen molar-refractivity contribution in [2.24, 2.45) is 10.9 Å². The first-order valence-electron chi connectivity index (χ1n) is 9.89. The van der Waals surface area contributed by atoms with Gasteiger partial charge in [0.05, 0.1) is 33.2 Å². The summed E-state index contributed by atoms with van der Waals surface area (Å²) in [6.45, 7) is 2.90. The molecule has 1 N–H and O–H groups in total. The lowest BCUT2D eigenvalue weighted by molar-refractivity contribution is -0.122. The van der Waals surface area contributed by atoms with Gasteiger partial charge in [0.2, 0.25) is 5.91 Å². The highest BCUT2D eigenvalue weighted by molar-refractivity contribution is 5.87. The van der Waals surface area contributed by atoms with E-state index in [2.05, 4.69) is 10.3 Å². The second-order valence-electron chi connectivity index (χ2n) is 6.85. The fourth-order valence-electron chi connectivity index (χ4n) is 3.35. The van der Waals surface area contributed by atoms with Crippen molar-refractivity contribution in [3.05, 3.63) is 52.5 Å². The number of ether oxygens (including phenoxy) is 3. The molecule has 0 spiro atoms. The summed E-state index contributed by atoms with van der Waals surface area (Å²) in [4.78, 5) is 28.9. The summed E-state index contributed by atoms with van der Waals surface area (Å²) in [5, 5.41) is 4.10.